The highest BCUT2D eigenvalue weighted by Gasteiger charge is 2.29. The van der Waals surface area contributed by atoms with Crippen LogP contribution in [0.3, 0.4) is 0 Å². The number of carbonyl (C=O) groups excluding carboxylic acids is 1. The van der Waals surface area contributed by atoms with Crippen molar-refractivity contribution in [2.24, 2.45) is 5.92 Å². The van der Waals surface area contributed by atoms with Gasteiger partial charge in [0.1, 0.15) is 16.5 Å². The van der Waals surface area contributed by atoms with E-state index in [0.717, 1.165) is 48.3 Å². The number of thiophene rings is 1. The van der Waals surface area contributed by atoms with Crippen molar-refractivity contribution >= 4 is 56.5 Å². The van der Waals surface area contributed by atoms with Gasteiger partial charge in [-0.15, -0.1) is 11.3 Å². The Labute approximate surface area is 208 Å². The highest BCUT2D eigenvalue weighted by molar-refractivity contribution is 7.19. The van der Waals surface area contributed by atoms with Crippen molar-refractivity contribution in [2.45, 2.75) is 46.0 Å². The lowest BCUT2D eigenvalue weighted by Gasteiger charge is -2.36. The third-order valence-electron chi connectivity index (χ3n) is 6.70. The maximum atomic E-state index is 13.0. The lowest BCUT2D eigenvalue weighted by Crippen LogP contribution is -2.49. The fourth-order valence-electron chi connectivity index (χ4n) is 4.76. The van der Waals surface area contributed by atoms with Crippen LogP contribution in [0.25, 0.3) is 10.2 Å². The number of fused-ring (bicyclic) bond motifs is 3. The van der Waals surface area contributed by atoms with Crippen LogP contribution < -0.4 is 4.90 Å². The van der Waals surface area contributed by atoms with Crippen molar-refractivity contribution in [3.63, 3.8) is 0 Å². The molecule has 0 saturated carbocycles. The van der Waals surface area contributed by atoms with Crippen LogP contribution in [0.1, 0.15) is 59.7 Å². The smallest absolute Gasteiger partial charge is 0.254 e. The first-order valence-corrected chi connectivity index (χ1v) is 13.2. The van der Waals surface area contributed by atoms with Crippen molar-refractivity contribution in [1.82, 2.24) is 14.9 Å². The zero-order chi connectivity index (χ0) is 23.3. The summed E-state index contributed by atoms with van der Waals surface area (Å²) in [5, 5.41) is 2.11. The zero-order valence-corrected chi connectivity index (χ0v) is 21.5. The maximum absolute atomic E-state index is 13.0. The number of carbonyl (C=O) groups is 1. The van der Waals surface area contributed by atoms with Gasteiger partial charge in [0.05, 0.1) is 15.4 Å². The summed E-state index contributed by atoms with van der Waals surface area (Å²) in [5.74, 6) is 2.94. The second-order valence-electron chi connectivity index (χ2n) is 9.50. The number of hydrogen-bond acceptors (Lipinski definition) is 5. The molecule has 3 heterocycles. The topological polar surface area (TPSA) is 49.3 Å². The monoisotopic (exact) mass is 502 g/mol. The number of piperazine rings is 1. The quantitative estimate of drug-likeness (QED) is 0.427. The van der Waals surface area contributed by atoms with Crippen LogP contribution >= 0.6 is 34.5 Å². The molecule has 5 nitrogen and oxygen atoms in total. The lowest BCUT2D eigenvalue weighted by atomic mass is 9.89. The summed E-state index contributed by atoms with van der Waals surface area (Å²) in [6.07, 6.45) is 3.46. The molecule has 0 spiro atoms. The van der Waals surface area contributed by atoms with Gasteiger partial charge in [-0.2, -0.15) is 0 Å². The molecule has 1 atom stereocenters. The molecule has 0 bridgehead atoms. The van der Waals surface area contributed by atoms with E-state index in [1.165, 1.54) is 22.2 Å². The molecule has 1 aliphatic carbocycles. The van der Waals surface area contributed by atoms with E-state index >= 15 is 0 Å². The molecule has 1 aliphatic heterocycles. The summed E-state index contributed by atoms with van der Waals surface area (Å²) >= 11 is 14.0. The summed E-state index contributed by atoms with van der Waals surface area (Å²) in [6.45, 7) is 9.41. The molecule has 2 aromatic heterocycles. The number of nitrogens with zero attached hydrogens (tertiary/aromatic N) is 4. The molecular weight excluding hydrogens is 475 g/mol. The average molecular weight is 503 g/mol. The van der Waals surface area contributed by atoms with Crippen LogP contribution in [0.2, 0.25) is 10.0 Å². The van der Waals surface area contributed by atoms with Gasteiger partial charge >= 0.3 is 0 Å². The van der Waals surface area contributed by atoms with Gasteiger partial charge in [-0.05, 0) is 48.9 Å². The van der Waals surface area contributed by atoms with E-state index in [2.05, 4.69) is 25.7 Å². The molecule has 1 amide bonds. The molecule has 1 saturated heterocycles. The van der Waals surface area contributed by atoms with Gasteiger partial charge in [-0.1, -0.05) is 44.0 Å². The van der Waals surface area contributed by atoms with Crippen molar-refractivity contribution in [3.05, 3.63) is 50.1 Å². The van der Waals surface area contributed by atoms with Crippen molar-refractivity contribution in [3.8, 4) is 0 Å². The van der Waals surface area contributed by atoms with Crippen molar-refractivity contribution < 1.29 is 4.79 Å². The van der Waals surface area contributed by atoms with E-state index in [9.17, 15) is 4.79 Å². The summed E-state index contributed by atoms with van der Waals surface area (Å²) in [6, 6.07) is 5.07. The number of benzene rings is 1. The van der Waals surface area contributed by atoms with E-state index < -0.39 is 0 Å². The average Bonchev–Trinajstić information content (AvgIpc) is 3.17. The van der Waals surface area contributed by atoms with Crippen molar-refractivity contribution in [2.75, 3.05) is 31.1 Å². The number of anilines is 1. The van der Waals surface area contributed by atoms with Gasteiger partial charge in [-0.25, -0.2) is 9.97 Å². The number of amides is 1. The minimum Gasteiger partial charge on any atom is -0.352 e. The minimum atomic E-state index is -0.00850. The highest BCUT2D eigenvalue weighted by atomic mass is 35.5. The van der Waals surface area contributed by atoms with Crippen LogP contribution in [0.4, 0.5) is 5.82 Å². The molecule has 1 fully saturated rings. The summed E-state index contributed by atoms with van der Waals surface area (Å²) in [7, 11) is 0. The zero-order valence-electron chi connectivity index (χ0n) is 19.2. The maximum Gasteiger partial charge on any atom is 0.254 e. The molecule has 1 aromatic carbocycles. The van der Waals surface area contributed by atoms with Gasteiger partial charge < -0.3 is 9.80 Å². The Balaban J connectivity index is 1.43. The first-order valence-electron chi connectivity index (χ1n) is 11.6. The highest BCUT2D eigenvalue weighted by Crippen LogP contribution is 2.41. The number of rotatable bonds is 3. The second-order valence-corrected chi connectivity index (χ2v) is 11.4. The van der Waals surface area contributed by atoms with Gasteiger partial charge in [0.15, 0.2) is 0 Å². The Bertz CT molecular complexity index is 1220. The number of aryl methyl sites for hydroxylation is 1. The van der Waals surface area contributed by atoms with Crippen LogP contribution in [-0.4, -0.2) is 47.0 Å². The molecule has 174 valence electrons. The van der Waals surface area contributed by atoms with E-state index in [4.69, 9.17) is 33.2 Å². The molecule has 0 N–H and O–H groups in total. The summed E-state index contributed by atoms with van der Waals surface area (Å²) < 4.78 is 0. The number of aromatic nitrogens is 2. The molecule has 8 heteroatoms. The molecule has 3 aromatic rings. The lowest BCUT2D eigenvalue weighted by molar-refractivity contribution is 0.0746. The molecule has 2 aliphatic rings. The van der Waals surface area contributed by atoms with Crippen LogP contribution in [0.5, 0.6) is 0 Å². The van der Waals surface area contributed by atoms with Crippen LogP contribution in [0, 0.1) is 5.92 Å². The summed E-state index contributed by atoms with van der Waals surface area (Å²) in [4.78, 5) is 29.9. The fourth-order valence-corrected chi connectivity index (χ4v) is 6.44. The normalized spacial score (nSPS) is 18.8. The standard InChI is InChI=1S/C25H28Cl2N4OS/c1-14(2)22-28-23(21-17-6-4-15(3)12-20(17)33-24(21)29-22)30-8-10-31(11-9-30)25(32)16-5-7-18(26)19(27)13-16/h5,7,13-15H,4,6,8-12H2,1-3H3/t15-/m0/s1. The van der Waals surface area contributed by atoms with Crippen molar-refractivity contribution in [1.29, 1.82) is 0 Å². The first kappa shape index (κ1) is 22.9. The Hall–Kier alpha value is -1.89. The third kappa shape index (κ3) is 4.33. The molecule has 33 heavy (non-hydrogen) atoms. The van der Waals surface area contributed by atoms with E-state index in [0.29, 0.717) is 28.7 Å². The second kappa shape index (κ2) is 9.05. The Kier molecular flexibility index (Phi) is 6.27. The van der Waals surface area contributed by atoms with Crippen LogP contribution in [-0.2, 0) is 12.8 Å². The largest absolute Gasteiger partial charge is 0.352 e. The van der Waals surface area contributed by atoms with Gasteiger partial charge in [0.2, 0.25) is 0 Å². The molecule has 5 rings (SSSR count). The number of hydrogen-bond donors (Lipinski definition) is 0. The van der Waals surface area contributed by atoms with E-state index in [1.807, 2.05) is 16.2 Å². The third-order valence-corrected chi connectivity index (χ3v) is 8.59. The molecule has 0 unspecified atom stereocenters. The predicted molar refractivity (Wildman–Crippen MR) is 137 cm³/mol. The molecule has 0 radical (unpaired) electrons. The van der Waals surface area contributed by atoms with Gasteiger partial charge in [0, 0.05) is 42.5 Å². The number of halogens is 2. The summed E-state index contributed by atoms with van der Waals surface area (Å²) in [5.41, 5.74) is 2.03. The molecular formula is C25H28Cl2N4OS. The first-order chi connectivity index (χ1) is 15.8. The van der Waals surface area contributed by atoms with Crippen LogP contribution in [0.15, 0.2) is 18.2 Å². The minimum absolute atomic E-state index is 0.00850. The van der Waals surface area contributed by atoms with E-state index in [-0.39, 0.29) is 11.8 Å². The SMILES string of the molecule is CC(C)c1nc(N2CCN(C(=O)c3ccc(Cl)c(Cl)c3)CC2)c2c3c(sc2n1)C[C@@H](C)CC3. The van der Waals surface area contributed by atoms with E-state index in [1.54, 1.807) is 18.2 Å². The predicted octanol–water partition coefficient (Wildman–Crippen LogP) is 6.21. The van der Waals surface area contributed by atoms with Gasteiger partial charge in [-0.3, -0.25) is 4.79 Å². The van der Waals surface area contributed by atoms with Gasteiger partial charge in [0.25, 0.3) is 5.91 Å². The Morgan fingerprint density at radius 2 is 1.88 bits per heavy atom. The Morgan fingerprint density at radius 1 is 1.12 bits per heavy atom. The Morgan fingerprint density at radius 3 is 2.58 bits per heavy atom. The fraction of sp³-hybridized carbons (Fsp3) is 0.480.